The number of aromatic nitrogens is 1. The van der Waals surface area contributed by atoms with Crippen LogP contribution in [0, 0.1) is 10.1 Å². The third-order valence-electron chi connectivity index (χ3n) is 3.94. The molecular formula is C17H15N3O6S. The molecule has 0 N–H and O–H groups in total. The Kier molecular flexibility index (Phi) is 5.17. The zero-order valence-electron chi connectivity index (χ0n) is 14.4. The van der Waals surface area contributed by atoms with Gasteiger partial charge in [0.05, 0.1) is 22.3 Å². The Balaban J connectivity index is 1.60. The van der Waals surface area contributed by atoms with Crippen LogP contribution in [0.2, 0.25) is 0 Å². The summed E-state index contributed by atoms with van der Waals surface area (Å²) in [6, 6.07) is 9.52. The van der Waals surface area contributed by atoms with E-state index in [0.717, 1.165) is 27.4 Å². The highest BCUT2D eigenvalue weighted by atomic mass is 32.1. The Hall–Kier alpha value is -3.27. The third kappa shape index (κ3) is 3.95. The van der Waals surface area contributed by atoms with Crippen molar-refractivity contribution in [3.05, 3.63) is 57.3 Å². The van der Waals surface area contributed by atoms with Crippen LogP contribution in [0.5, 0.6) is 0 Å². The van der Waals surface area contributed by atoms with E-state index in [1.807, 2.05) is 31.2 Å². The van der Waals surface area contributed by atoms with Crippen LogP contribution in [0.4, 0.5) is 5.88 Å². The van der Waals surface area contributed by atoms with Gasteiger partial charge in [0, 0.05) is 7.05 Å². The molecule has 0 fully saturated rings. The van der Waals surface area contributed by atoms with Crippen molar-refractivity contribution in [2.24, 2.45) is 0 Å². The number of hydrogen-bond acceptors (Lipinski definition) is 8. The average molecular weight is 389 g/mol. The van der Waals surface area contributed by atoms with E-state index >= 15 is 0 Å². The summed E-state index contributed by atoms with van der Waals surface area (Å²) in [6.07, 6.45) is 0. The average Bonchev–Trinajstić information content (AvgIpc) is 3.31. The van der Waals surface area contributed by atoms with E-state index in [4.69, 9.17) is 9.15 Å². The van der Waals surface area contributed by atoms with Gasteiger partial charge in [0.15, 0.2) is 6.61 Å². The molecular weight excluding hydrogens is 374 g/mol. The molecule has 0 bridgehead atoms. The number of furan rings is 1. The van der Waals surface area contributed by atoms with Crippen molar-refractivity contribution in [2.45, 2.75) is 13.0 Å². The van der Waals surface area contributed by atoms with Gasteiger partial charge in [0.2, 0.25) is 5.76 Å². The fourth-order valence-corrected chi connectivity index (χ4v) is 3.35. The lowest BCUT2D eigenvalue weighted by atomic mass is 10.3. The number of para-hydroxylation sites is 1. The van der Waals surface area contributed by atoms with Gasteiger partial charge in [-0.15, -0.1) is 11.3 Å². The number of fused-ring (bicyclic) bond motifs is 1. The first-order valence-electron chi connectivity index (χ1n) is 7.89. The fourth-order valence-electron chi connectivity index (χ4n) is 2.29. The normalized spacial score (nSPS) is 11.9. The van der Waals surface area contributed by atoms with Gasteiger partial charge >= 0.3 is 11.9 Å². The molecule has 0 aliphatic rings. The molecule has 3 rings (SSSR count). The van der Waals surface area contributed by atoms with Crippen molar-refractivity contribution in [2.75, 3.05) is 13.7 Å². The van der Waals surface area contributed by atoms with E-state index in [2.05, 4.69) is 4.98 Å². The van der Waals surface area contributed by atoms with Gasteiger partial charge in [0.25, 0.3) is 5.91 Å². The van der Waals surface area contributed by atoms with Gasteiger partial charge in [-0.1, -0.05) is 12.1 Å². The number of likely N-dealkylation sites (N-methyl/N-ethyl adjacent to an activating group) is 1. The van der Waals surface area contributed by atoms with E-state index in [-0.39, 0.29) is 11.8 Å². The number of benzene rings is 1. The van der Waals surface area contributed by atoms with Crippen LogP contribution >= 0.6 is 11.3 Å². The Labute approximate surface area is 157 Å². The number of rotatable bonds is 6. The number of thiazole rings is 1. The summed E-state index contributed by atoms with van der Waals surface area (Å²) in [6.45, 7) is 1.31. The van der Waals surface area contributed by atoms with E-state index in [1.165, 1.54) is 16.2 Å². The summed E-state index contributed by atoms with van der Waals surface area (Å²) >= 11 is 1.49. The Morgan fingerprint density at radius 3 is 2.74 bits per heavy atom. The van der Waals surface area contributed by atoms with Gasteiger partial charge in [-0.2, -0.15) is 0 Å². The first kappa shape index (κ1) is 18.5. The highest BCUT2D eigenvalue weighted by Crippen LogP contribution is 2.28. The first-order chi connectivity index (χ1) is 12.9. The van der Waals surface area contributed by atoms with Crippen LogP contribution < -0.4 is 0 Å². The molecule has 10 heteroatoms. The van der Waals surface area contributed by atoms with E-state index in [0.29, 0.717) is 0 Å². The minimum Gasteiger partial charge on any atom is -0.450 e. The molecule has 27 heavy (non-hydrogen) atoms. The van der Waals surface area contributed by atoms with Gasteiger partial charge in [-0.25, -0.2) is 9.78 Å². The Bertz CT molecular complexity index is 978. The molecule has 0 saturated carbocycles. The molecule has 0 unspecified atom stereocenters. The van der Waals surface area contributed by atoms with Crippen LogP contribution in [0.25, 0.3) is 10.2 Å². The monoisotopic (exact) mass is 389 g/mol. The number of ether oxygens (including phenoxy) is 1. The quantitative estimate of drug-likeness (QED) is 0.361. The minimum atomic E-state index is -0.947. The Morgan fingerprint density at radius 2 is 2.07 bits per heavy atom. The standard InChI is InChI=1S/C17H15N3O6S/c1-10(16-18-11-5-3-4-6-13(11)27-16)19(2)14(21)9-25-17(22)12-7-8-15(26-12)20(23)24/h3-8,10H,9H2,1-2H3/t10-/m1/s1. The molecule has 140 valence electrons. The molecule has 1 amide bonds. The zero-order chi connectivity index (χ0) is 19.6. The topological polar surface area (TPSA) is 116 Å². The lowest BCUT2D eigenvalue weighted by Gasteiger charge is -2.22. The number of nitrogens with zero attached hydrogens (tertiary/aromatic N) is 3. The van der Waals surface area contributed by atoms with Gasteiger partial charge < -0.3 is 14.1 Å². The second-order valence-electron chi connectivity index (χ2n) is 5.67. The second-order valence-corrected chi connectivity index (χ2v) is 6.73. The molecule has 3 aromatic rings. The van der Waals surface area contributed by atoms with Crippen molar-refractivity contribution < 1.29 is 23.7 Å². The highest BCUT2D eigenvalue weighted by molar-refractivity contribution is 7.18. The molecule has 9 nitrogen and oxygen atoms in total. The van der Waals surface area contributed by atoms with E-state index in [1.54, 1.807) is 7.05 Å². The minimum absolute atomic E-state index is 0.307. The first-order valence-corrected chi connectivity index (χ1v) is 8.71. The van der Waals surface area contributed by atoms with Gasteiger partial charge in [0.1, 0.15) is 9.93 Å². The lowest BCUT2D eigenvalue weighted by molar-refractivity contribution is -0.402. The van der Waals surface area contributed by atoms with Crippen LogP contribution in [0.1, 0.15) is 28.5 Å². The smallest absolute Gasteiger partial charge is 0.433 e. The number of hydrogen-bond donors (Lipinski definition) is 0. The second kappa shape index (κ2) is 7.54. The number of carbonyl (C=O) groups is 2. The van der Waals surface area contributed by atoms with Crippen molar-refractivity contribution in [3.63, 3.8) is 0 Å². The largest absolute Gasteiger partial charge is 0.450 e. The maximum absolute atomic E-state index is 12.3. The summed E-state index contributed by atoms with van der Waals surface area (Å²) in [5.41, 5.74) is 0.857. The van der Waals surface area contributed by atoms with Crippen molar-refractivity contribution >= 4 is 39.3 Å². The SMILES string of the molecule is C[C@H](c1nc2ccccc2s1)N(C)C(=O)COC(=O)c1ccc([N+](=O)[O-])o1. The van der Waals surface area contributed by atoms with Crippen LogP contribution in [-0.4, -0.2) is 40.3 Å². The molecule has 2 heterocycles. The number of carbonyl (C=O) groups excluding carboxylic acids is 2. The molecule has 1 atom stereocenters. The fraction of sp³-hybridized carbons (Fsp3) is 0.235. The summed E-state index contributed by atoms with van der Waals surface area (Å²) < 4.78 is 10.6. The van der Waals surface area contributed by atoms with Gasteiger partial charge in [-0.05, 0) is 25.1 Å². The lowest BCUT2D eigenvalue weighted by Crippen LogP contribution is -2.33. The number of amides is 1. The van der Waals surface area contributed by atoms with Crippen molar-refractivity contribution in [3.8, 4) is 0 Å². The summed E-state index contributed by atoms with van der Waals surface area (Å²) in [7, 11) is 1.59. The van der Waals surface area contributed by atoms with E-state index < -0.39 is 29.3 Å². The molecule has 0 saturated heterocycles. The summed E-state index contributed by atoms with van der Waals surface area (Å²) in [5, 5.41) is 11.3. The van der Waals surface area contributed by atoms with Crippen molar-refractivity contribution in [1.82, 2.24) is 9.88 Å². The predicted molar refractivity (Wildman–Crippen MR) is 96.4 cm³/mol. The summed E-state index contributed by atoms with van der Waals surface area (Å²) in [4.78, 5) is 39.9. The number of esters is 1. The maximum atomic E-state index is 12.3. The van der Waals surface area contributed by atoms with Crippen LogP contribution in [-0.2, 0) is 9.53 Å². The molecule has 1 aromatic carbocycles. The zero-order valence-corrected chi connectivity index (χ0v) is 15.3. The molecule has 2 aromatic heterocycles. The maximum Gasteiger partial charge on any atom is 0.433 e. The van der Waals surface area contributed by atoms with Crippen molar-refractivity contribution in [1.29, 1.82) is 0 Å². The Morgan fingerprint density at radius 1 is 1.33 bits per heavy atom. The number of nitro groups is 1. The third-order valence-corrected chi connectivity index (χ3v) is 5.15. The molecule has 0 aliphatic heterocycles. The highest BCUT2D eigenvalue weighted by Gasteiger charge is 2.23. The van der Waals surface area contributed by atoms with Gasteiger partial charge in [-0.3, -0.25) is 14.9 Å². The summed E-state index contributed by atoms with van der Waals surface area (Å²) in [5.74, 6) is -2.29. The van der Waals surface area contributed by atoms with Crippen LogP contribution in [0.3, 0.4) is 0 Å². The molecule has 0 radical (unpaired) electrons. The van der Waals surface area contributed by atoms with Crippen LogP contribution in [0.15, 0.2) is 40.8 Å². The van der Waals surface area contributed by atoms with E-state index in [9.17, 15) is 19.7 Å². The molecule has 0 aliphatic carbocycles. The predicted octanol–water partition coefficient (Wildman–Crippen LogP) is 3.17. The molecule has 0 spiro atoms.